The number of nitrogens with zero attached hydrogens (tertiary/aromatic N) is 2. The second kappa shape index (κ2) is 5.33. The fourth-order valence-corrected chi connectivity index (χ4v) is 2.12. The summed E-state index contributed by atoms with van der Waals surface area (Å²) in [6, 6.07) is 18.1. The van der Waals surface area contributed by atoms with Crippen LogP contribution in [0.5, 0.6) is 0 Å². The lowest BCUT2D eigenvalue weighted by atomic mass is 10.1. The normalized spacial score (nSPS) is 10.4. The Bertz CT molecular complexity index is 661. The quantitative estimate of drug-likeness (QED) is 0.692. The predicted molar refractivity (Wildman–Crippen MR) is 80.6 cm³/mol. The predicted octanol–water partition coefficient (Wildman–Crippen LogP) is 4.57. The van der Waals surface area contributed by atoms with E-state index in [4.69, 9.17) is 0 Å². The van der Waals surface area contributed by atoms with Gasteiger partial charge in [0.1, 0.15) is 0 Å². The smallest absolute Gasteiger partial charge is 0.159 e. The van der Waals surface area contributed by atoms with Crippen LogP contribution < -0.4 is 0 Å². The highest BCUT2D eigenvalue weighted by Gasteiger charge is 2.02. The second-order valence-corrected chi connectivity index (χ2v) is 5.08. The molecule has 0 atom stereocenters. The highest BCUT2D eigenvalue weighted by Crippen LogP contribution is 2.22. The van der Waals surface area contributed by atoms with Gasteiger partial charge in [-0.1, -0.05) is 58.4 Å². The van der Waals surface area contributed by atoms with Crippen LogP contribution in [0.15, 0.2) is 71.5 Å². The first-order valence-electron chi connectivity index (χ1n) is 5.96. The van der Waals surface area contributed by atoms with Gasteiger partial charge < -0.3 is 0 Å². The minimum atomic E-state index is 0.751. The fraction of sp³-hybridized carbons (Fsp3) is 0. The zero-order valence-electron chi connectivity index (χ0n) is 10.1. The van der Waals surface area contributed by atoms with Gasteiger partial charge in [0, 0.05) is 28.0 Å². The zero-order valence-corrected chi connectivity index (χ0v) is 11.7. The number of hydrogen-bond donors (Lipinski definition) is 0. The van der Waals surface area contributed by atoms with E-state index < -0.39 is 0 Å². The van der Waals surface area contributed by atoms with Crippen molar-refractivity contribution >= 4 is 15.9 Å². The maximum absolute atomic E-state index is 4.42. The lowest BCUT2D eigenvalue weighted by Crippen LogP contribution is -1.89. The van der Waals surface area contributed by atoms with Crippen LogP contribution in [0.3, 0.4) is 0 Å². The molecule has 0 aliphatic heterocycles. The molecule has 0 fully saturated rings. The molecule has 3 rings (SSSR count). The standard InChI is InChI=1S/C16H11BrN2/c17-15-8-6-12(7-9-15)14-10-18-16(19-11-14)13-4-2-1-3-5-13/h1-11H. The number of halogens is 1. The topological polar surface area (TPSA) is 25.8 Å². The summed E-state index contributed by atoms with van der Waals surface area (Å²) in [6.45, 7) is 0. The maximum Gasteiger partial charge on any atom is 0.159 e. The molecule has 0 N–H and O–H groups in total. The van der Waals surface area contributed by atoms with Gasteiger partial charge in [-0.05, 0) is 17.7 Å². The molecule has 0 spiro atoms. The van der Waals surface area contributed by atoms with Crippen LogP contribution >= 0.6 is 15.9 Å². The van der Waals surface area contributed by atoms with Gasteiger partial charge in [0.25, 0.3) is 0 Å². The Morgan fingerprint density at radius 3 is 1.89 bits per heavy atom. The number of hydrogen-bond acceptors (Lipinski definition) is 2. The molecule has 3 aromatic rings. The Morgan fingerprint density at radius 2 is 1.26 bits per heavy atom. The average Bonchev–Trinajstić information content (AvgIpc) is 2.49. The van der Waals surface area contributed by atoms with E-state index in [1.165, 1.54) is 0 Å². The summed E-state index contributed by atoms with van der Waals surface area (Å²) in [4.78, 5) is 8.85. The van der Waals surface area contributed by atoms with Crippen LogP contribution in [0.25, 0.3) is 22.5 Å². The molecular weight excluding hydrogens is 300 g/mol. The molecule has 92 valence electrons. The van der Waals surface area contributed by atoms with Crippen LogP contribution in [0.1, 0.15) is 0 Å². The van der Waals surface area contributed by atoms with Crippen molar-refractivity contribution in [2.75, 3.05) is 0 Å². The van der Waals surface area contributed by atoms with E-state index in [2.05, 4.69) is 25.9 Å². The third-order valence-electron chi connectivity index (χ3n) is 2.86. The van der Waals surface area contributed by atoms with Gasteiger partial charge in [-0.3, -0.25) is 0 Å². The van der Waals surface area contributed by atoms with Crippen LogP contribution in [-0.4, -0.2) is 9.97 Å². The second-order valence-electron chi connectivity index (χ2n) is 4.17. The van der Waals surface area contributed by atoms with Crippen molar-refractivity contribution < 1.29 is 0 Å². The molecule has 0 bridgehead atoms. The lowest BCUT2D eigenvalue weighted by molar-refractivity contribution is 1.18. The Hall–Kier alpha value is -2.00. The highest BCUT2D eigenvalue weighted by molar-refractivity contribution is 9.10. The van der Waals surface area contributed by atoms with Crippen molar-refractivity contribution in [1.82, 2.24) is 9.97 Å². The van der Waals surface area contributed by atoms with Crippen LogP contribution in [-0.2, 0) is 0 Å². The van der Waals surface area contributed by atoms with Gasteiger partial charge >= 0.3 is 0 Å². The van der Waals surface area contributed by atoms with Crippen LogP contribution in [0.4, 0.5) is 0 Å². The first kappa shape index (κ1) is 12.1. The summed E-state index contributed by atoms with van der Waals surface area (Å²) in [5.74, 6) is 0.751. The largest absolute Gasteiger partial charge is 0.236 e. The summed E-state index contributed by atoms with van der Waals surface area (Å²) < 4.78 is 1.07. The summed E-state index contributed by atoms with van der Waals surface area (Å²) >= 11 is 3.43. The van der Waals surface area contributed by atoms with E-state index >= 15 is 0 Å². The highest BCUT2D eigenvalue weighted by atomic mass is 79.9. The molecule has 1 aromatic heterocycles. The average molecular weight is 311 g/mol. The Kier molecular flexibility index (Phi) is 3.38. The molecule has 0 aliphatic carbocycles. The van der Waals surface area contributed by atoms with Gasteiger partial charge in [-0.2, -0.15) is 0 Å². The molecule has 2 nitrogen and oxygen atoms in total. The van der Waals surface area contributed by atoms with Crippen molar-refractivity contribution in [3.05, 3.63) is 71.5 Å². The molecule has 2 aromatic carbocycles. The van der Waals surface area contributed by atoms with E-state index in [0.717, 1.165) is 27.0 Å². The number of rotatable bonds is 2. The third-order valence-corrected chi connectivity index (χ3v) is 3.39. The minimum absolute atomic E-state index is 0.751. The van der Waals surface area contributed by atoms with E-state index in [1.54, 1.807) is 0 Å². The molecule has 0 aliphatic rings. The maximum atomic E-state index is 4.42. The molecule has 0 saturated carbocycles. The zero-order chi connectivity index (χ0) is 13.1. The van der Waals surface area contributed by atoms with Crippen molar-refractivity contribution in [3.8, 4) is 22.5 Å². The number of benzene rings is 2. The number of aromatic nitrogens is 2. The molecule has 0 saturated heterocycles. The van der Waals surface area contributed by atoms with Crippen molar-refractivity contribution in [2.45, 2.75) is 0 Å². The molecule has 19 heavy (non-hydrogen) atoms. The van der Waals surface area contributed by atoms with Crippen molar-refractivity contribution in [2.24, 2.45) is 0 Å². The first-order chi connectivity index (χ1) is 9.33. The monoisotopic (exact) mass is 310 g/mol. The first-order valence-corrected chi connectivity index (χ1v) is 6.75. The molecule has 0 radical (unpaired) electrons. The Morgan fingerprint density at radius 1 is 0.632 bits per heavy atom. The molecule has 0 amide bonds. The lowest BCUT2D eigenvalue weighted by Gasteiger charge is -2.03. The van der Waals surface area contributed by atoms with E-state index in [1.807, 2.05) is 67.0 Å². The Balaban J connectivity index is 1.93. The van der Waals surface area contributed by atoms with Gasteiger partial charge in [0.05, 0.1) is 0 Å². The van der Waals surface area contributed by atoms with E-state index in [-0.39, 0.29) is 0 Å². The van der Waals surface area contributed by atoms with Crippen molar-refractivity contribution in [1.29, 1.82) is 0 Å². The summed E-state index contributed by atoms with van der Waals surface area (Å²) in [5, 5.41) is 0. The van der Waals surface area contributed by atoms with Crippen LogP contribution in [0, 0.1) is 0 Å². The molecular formula is C16H11BrN2. The summed E-state index contributed by atoms with van der Waals surface area (Å²) in [5.41, 5.74) is 3.17. The minimum Gasteiger partial charge on any atom is -0.236 e. The fourth-order valence-electron chi connectivity index (χ4n) is 1.86. The van der Waals surface area contributed by atoms with Gasteiger partial charge in [-0.15, -0.1) is 0 Å². The molecule has 0 unspecified atom stereocenters. The summed E-state index contributed by atoms with van der Waals surface area (Å²) in [6.07, 6.45) is 3.72. The van der Waals surface area contributed by atoms with E-state index in [9.17, 15) is 0 Å². The SMILES string of the molecule is Brc1ccc(-c2cnc(-c3ccccc3)nc2)cc1. The molecule has 1 heterocycles. The van der Waals surface area contributed by atoms with E-state index in [0.29, 0.717) is 0 Å². The van der Waals surface area contributed by atoms with Gasteiger partial charge in [-0.25, -0.2) is 9.97 Å². The summed E-state index contributed by atoms with van der Waals surface area (Å²) in [7, 11) is 0. The molecule has 3 heteroatoms. The third kappa shape index (κ3) is 2.71. The Labute approximate surface area is 120 Å². The van der Waals surface area contributed by atoms with Crippen LogP contribution in [0.2, 0.25) is 0 Å². The van der Waals surface area contributed by atoms with Gasteiger partial charge in [0.15, 0.2) is 5.82 Å². The van der Waals surface area contributed by atoms with Crippen molar-refractivity contribution in [3.63, 3.8) is 0 Å². The van der Waals surface area contributed by atoms with Gasteiger partial charge in [0.2, 0.25) is 0 Å².